The highest BCUT2D eigenvalue weighted by Crippen LogP contribution is 2.30. The van der Waals surface area contributed by atoms with Crippen molar-refractivity contribution in [2.75, 3.05) is 32.6 Å². The van der Waals surface area contributed by atoms with Gasteiger partial charge in [0.25, 0.3) is 0 Å². The third-order valence-corrected chi connectivity index (χ3v) is 5.31. The van der Waals surface area contributed by atoms with Crippen molar-refractivity contribution in [2.45, 2.75) is 18.8 Å². The Morgan fingerprint density at radius 3 is 2.86 bits per heavy atom. The molecule has 1 saturated heterocycles. The maximum atomic E-state index is 6.14. The fourth-order valence-corrected chi connectivity index (χ4v) is 3.81. The molecule has 0 radical (unpaired) electrons. The molecule has 1 atom stereocenters. The van der Waals surface area contributed by atoms with Gasteiger partial charge in [-0.25, -0.2) is 9.97 Å². The Bertz CT molecular complexity index is 996. The van der Waals surface area contributed by atoms with Gasteiger partial charge in [0.05, 0.1) is 19.0 Å². The third-order valence-electron chi connectivity index (χ3n) is 5.07. The van der Waals surface area contributed by atoms with Crippen LogP contribution in [0.1, 0.15) is 24.6 Å². The number of piperidine rings is 1. The van der Waals surface area contributed by atoms with E-state index in [1.807, 2.05) is 36.4 Å². The van der Waals surface area contributed by atoms with Crippen LogP contribution in [0.25, 0.3) is 11.3 Å². The summed E-state index contributed by atoms with van der Waals surface area (Å²) in [6.07, 6.45) is 5.71. The quantitative estimate of drug-likeness (QED) is 0.655. The summed E-state index contributed by atoms with van der Waals surface area (Å²) in [5, 5.41) is 4.05. The highest BCUT2D eigenvalue weighted by molar-refractivity contribution is 6.30. The second-order valence-electron chi connectivity index (χ2n) is 7.35. The molecule has 4 rings (SSSR count). The van der Waals surface area contributed by atoms with Crippen molar-refractivity contribution in [1.29, 1.82) is 0 Å². The molecule has 7 heteroatoms. The zero-order valence-electron chi connectivity index (χ0n) is 16.6. The molecule has 0 saturated carbocycles. The number of rotatable bonds is 5. The average Bonchev–Trinajstić information content (AvgIpc) is 2.73. The number of methoxy groups -OCH3 is 1. The Labute approximate surface area is 175 Å². The van der Waals surface area contributed by atoms with Crippen LogP contribution in [0.15, 0.2) is 48.8 Å². The zero-order valence-corrected chi connectivity index (χ0v) is 17.4. The summed E-state index contributed by atoms with van der Waals surface area (Å²) in [5.74, 6) is 2.58. The second kappa shape index (κ2) is 8.76. The van der Waals surface area contributed by atoms with E-state index in [1.54, 1.807) is 19.5 Å². The minimum atomic E-state index is 0.298. The highest BCUT2D eigenvalue weighted by Gasteiger charge is 2.23. The fourth-order valence-electron chi connectivity index (χ4n) is 3.62. The molecule has 3 aromatic rings. The lowest BCUT2D eigenvalue weighted by Gasteiger charge is -2.29. The molecule has 1 aliphatic rings. The first kappa shape index (κ1) is 19.6. The number of nitrogens with one attached hydrogen (secondary N) is 1. The van der Waals surface area contributed by atoms with Crippen LogP contribution >= 0.6 is 11.6 Å². The van der Waals surface area contributed by atoms with Crippen molar-refractivity contribution >= 4 is 23.1 Å². The summed E-state index contributed by atoms with van der Waals surface area (Å²) in [7, 11) is 3.78. The van der Waals surface area contributed by atoms with Gasteiger partial charge in [0, 0.05) is 41.0 Å². The van der Waals surface area contributed by atoms with Gasteiger partial charge in [-0.1, -0.05) is 17.7 Å². The maximum absolute atomic E-state index is 6.14. The van der Waals surface area contributed by atoms with Crippen molar-refractivity contribution in [3.8, 4) is 17.0 Å². The molecule has 1 fully saturated rings. The number of likely N-dealkylation sites (N-methyl/N-ethyl adjacent to an activating group) is 1. The lowest BCUT2D eigenvalue weighted by atomic mass is 9.97. The van der Waals surface area contributed by atoms with Gasteiger partial charge in [0.15, 0.2) is 0 Å². The van der Waals surface area contributed by atoms with E-state index >= 15 is 0 Å². The maximum Gasteiger partial charge on any atom is 0.137 e. The molecule has 1 N–H and O–H groups in total. The van der Waals surface area contributed by atoms with Crippen molar-refractivity contribution in [1.82, 2.24) is 19.9 Å². The van der Waals surface area contributed by atoms with Gasteiger partial charge in [-0.2, -0.15) is 0 Å². The van der Waals surface area contributed by atoms with Crippen LogP contribution in [0.5, 0.6) is 5.75 Å². The number of nitrogens with zero attached hydrogens (tertiary/aromatic N) is 4. The highest BCUT2D eigenvalue weighted by atomic mass is 35.5. The van der Waals surface area contributed by atoms with E-state index < -0.39 is 0 Å². The number of ether oxygens (including phenoxy) is 1. The largest absolute Gasteiger partial charge is 0.495 e. The van der Waals surface area contributed by atoms with Crippen LogP contribution in [-0.4, -0.2) is 47.1 Å². The summed E-state index contributed by atoms with van der Waals surface area (Å²) in [5.41, 5.74) is 2.60. The van der Waals surface area contributed by atoms with Crippen molar-refractivity contribution < 1.29 is 4.74 Å². The predicted octanol–water partition coefficient (Wildman–Crippen LogP) is 4.75. The van der Waals surface area contributed by atoms with E-state index in [2.05, 4.69) is 22.2 Å². The molecule has 1 aromatic carbocycles. The van der Waals surface area contributed by atoms with Gasteiger partial charge in [0.1, 0.15) is 17.4 Å². The summed E-state index contributed by atoms with van der Waals surface area (Å²) in [6, 6.07) is 11.5. The monoisotopic (exact) mass is 409 g/mol. The molecule has 0 bridgehead atoms. The van der Waals surface area contributed by atoms with Crippen molar-refractivity contribution in [2.24, 2.45) is 0 Å². The number of halogens is 1. The topological polar surface area (TPSA) is 63.2 Å². The lowest BCUT2D eigenvalue weighted by molar-refractivity contribution is 0.246. The molecule has 29 heavy (non-hydrogen) atoms. The van der Waals surface area contributed by atoms with Crippen LogP contribution in [-0.2, 0) is 0 Å². The lowest BCUT2D eigenvalue weighted by Crippen LogP contribution is -2.31. The van der Waals surface area contributed by atoms with Gasteiger partial charge < -0.3 is 15.0 Å². The van der Waals surface area contributed by atoms with Crippen LogP contribution < -0.4 is 10.1 Å². The first-order valence-corrected chi connectivity index (χ1v) is 10.1. The number of hydrogen-bond acceptors (Lipinski definition) is 6. The Hall–Kier alpha value is -2.70. The molecular weight excluding hydrogens is 386 g/mol. The molecular formula is C22H24ClN5O. The van der Waals surface area contributed by atoms with E-state index in [0.717, 1.165) is 54.5 Å². The van der Waals surface area contributed by atoms with Crippen LogP contribution in [0.4, 0.5) is 11.5 Å². The van der Waals surface area contributed by atoms with E-state index in [4.69, 9.17) is 26.3 Å². The van der Waals surface area contributed by atoms with Crippen LogP contribution in [0.3, 0.4) is 0 Å². The summed E-state index contributed by atoms with van der Waals surface area (Å²) in [4.78, 5) is 16.4. The van der Waals surface area contributed by atoms with Crippen molar-refractivity contribution in [3.05, 3.63) is 59.6 Å². The fraction of sp³-hybridized carbons (Fsp3) is 0.318. The summed E-state index contributed by atoms with van der Waals surface area (Å²) >= 11 is 6.14. The van der Waals surface area contributed by atoms with Crippen LogP contribution in [0.2, 0.25) is 5.02 Å². The minimum Gasteiger partial charge on any atom is -0.495 e. The van der Waals surface area contributed by atoms with E-state index in [0.29, 0.717) is 16.7 Å². The molecule has 0 unspecified atom stereocenters. The second-order valence-corrected chi connectivity index (χ2v) is 7.78. The van der Waals surface area contributed by atoms with Crippen molar-refractivity contribution in [3.63, 3.8) is 0 Å². The van der Waals surface area contributed by atoms with Gasteiger partial charge in [-0.15, -0.1) is 0 Å². The number of aromatic nitrogens is 3. The summed E-state index contributed by atoms with van der Waals surface area (Å²) in [6.45, 7) is 2.07. The van der Waals surface area contributed by atoms with Gasteiger partial charge in [-0.3, -0.25) is 4.98 Å². The molecule has 1 aliphatic heterocycles. The SMILES string of the molecule is COc1cncc(-c2cc(Nc3cccc(Cl)c3)nc([C@H]3CCCN(C)C3)n2)c1. The Balaban J connectivity index is 1.74. The number of anilines is 2. The average molecular weight is 410 g/mol. The molecule has 3 heterocycles. The standard InChI is InChI=1S/C22H24ClN5O/c1-28-8-4-5-15(14-28)22-26-20(16-9-19(29-2)13-24-12-16)11-21(27-22)25-18-7-3-6-17(23)10-18/h3,6-7,9-13,15H,4-5,8,14H2,1-2H3,(H,25,26,27)/t15-/m0/s1. The molecule has 0 aliphatic carbocycles. The predicted molar refractivity (Wildman–Crippen MR) is 116 cm³/mol. The van der Waals surface area contributed by atoms with Crippen LogP contribution in [0, 0.1) is 0 Å². The minimum absolute atomic E-state index is 0.298. The summed E-state index contributed by atoms with van der Waals surface area (Å²) < 4.78 is 5.33. The zero-order chi connectivity index (χ0) is 20.2. The molecule has 2 aromatic heterocycles. The van der Waals surface area contributed by atoms with E-state index in [1.165, 1.54) is 0 Å². The van der Waals surface area contributed by atoms with Gasteiger partial charge >= 0.3 is 0 Å². The first-order valence-electron chi connectivity index (χ1n) is 9.70. The smallest absolute Gasteiger partial charge is 0.137 e. The molecule has 6 nitrogen and oxygen atoms in total. The number of likely N-dealkylation sites (tertiary alicyclic amines) is 1. The Morgan fingerprint density at radius 1 is 1.17 bits per heavy atom. The van der Waals surface area contributed by atoms with E-state index in [9.17, 15) is 0 Å². The number of pyridine rings is 1. The van der Waals surface area contributed by atoms with E-state index in [-0.39, 0.29) is 0 Å². The molecule has 0 spiro atoms. The van der Waals surface area contributed by atoms with Gasteiger partial charge in [0.2, 0.25) is 0 Å². The Kier molecular flexibility index (Phi) is 5.92. The third kappa shape index (κ3) is 4.83. The first-order chi connectivity index (χ1) is 14.1. The molecule has 0 amide bonds. The molecule has 150 valence electrons. The van der Waals surface area contributed by atoms with Gasteiger partial charge in [-0.05, 0) is 50.7 Å². The Morgan fingerprint density at radius 2 is 2.07 bits per heavy atom. The number of benzene rings is 1. The normalized spacial score (nSPS) is 17.1. The number of hydrogen-bond donors (Lipinski definition) is 1.